The third-order valence-electron chi connectivity index (χ3n) is 5.35. The zero-order chi connectivity index (χ0) is 23.4. The Balaban J connectivity index is 1.73. The van der Waals surface area contributed by atoms with Crippen molar-refractivity contribution >= 4 is 34.1 Å². The van der Waals surface area contributed by atoms with Crippen LogP contribution in [0.1, 0.15) is 21.5 Å². The summed E-state index contributed by atoms with van der Waals surface area (Å²) >= 11 is 5.96. The minimum Gasteiger partial charge on any atom is -0.352 e. The maximum Gasteiger partial charge on any atom is 0.278 e. The molecule has 0 aliphatic rings. The zero-order valence-corrected chi connectivity index (χ0v) is 18.3. The van der Waals surface area contributed by atoms with Crippen LogP contribution in [0.15, 0.2) is 83.7 Å². The number of carbonyl (C=O) groups is 1. The van der Waals surface area contributed by atoms with Crippen molar-refractivity contribution in [3.63, 3.8) is 0 Å². The summed E-state index contributed by atoms with van der Waals surface area (Å²) in [6.45, 7) is 0.465. The minimum atomic E-state index is -0.569. The molecular weight excluding hydrogens is 442 g/mol. The fourth-order valence-electron chi connectivity index (χ4n) is 3.70. The molecule has 0 aliphatic heterocycles. The Morgan fingerprint density at radius 2 is 1.70 bits per heavy atom. The van der Waals surface area contributed by atoms with Gasteiger partial charge in [0.25, 0.3) is 17.2 Å². The number of hydrogen-bond acceptors (Lipinski definition) is 4. The highest BCUT2D eigenvalue weighted by atomic mass is 35.5. The number of halogens is 1. The number of amides is 1. The molecule has 1 amide bonds. The third kappa shape index (κ3) is 4.94. The Morgan fingerprint density at radius 1 is 0.970 bits per heavy atom. The van der Waals surface area contributed by atoms with Crippen LogP contribution in [0.3, 0.4) is 0 Å². The Morgan fingerprint density at radius 3 is 2.39 bits per heavy atom. The Kier molecular flexibility index (Phi) is 6.51. The van der Waals surface area contributed by atoms with Crippen molar-refractivity contribution in [1.29, 1.82) is 0 Å². The van der Waals surface area contributed by atoms with Crippen LogP contribution < -0.4 is 10.9 Å². The van der Waals surface area contributed by atoms with E-state index >= 15 is 0 Å². The van der Waals surface area contributed by atoms with Gasteiger partial charge in [-0.05, 0) is 41.8 Å². The molecule has 0 radical (unpaired) electrons. The molecular formula is C25H20ClN3O4. The predicted octanol–water partition coefficient (Wildman–Crippen LogP) is 4.58. The topological polar surface area (TPSA) is 94.2 Å². The van der Waals surface area contributed by atoms with Crippen molar-refractivity contribution in [3.05, 3.63) is 121 Å². The van der Waals surface area contributed by atoms with Crippen LogP contribution >= 0.6 is 11.6 Å². The number of fused-ring (bicyclic) bond motifs is 1. The number of nitrogens with one attached hydrogen (secondary N) is 1. The van der Waals surface area contributed by atoms with E-state index in [0.717, 1.165) is 11.1 Å². The molecule has 0 atom stereocenters. The van der Waals surface area contributed by atoms with Crippen molar-refractivity contribution in [1.82, 2.24) is 9.88 Å². The largest absolute Gasteiger partial charge is 0.352 e. The van der Waals surface area contributed by atoms with E-state index in [1.807, 2.05) is 30.3 Å². The lowest BCUT2D eigenvalue weighted by Crippen LogP contribution is -2.34. The van der Waals surface area contributed by atoms with Gasteiger partial charge in [-0.25, -0.2) is 0 Å². The molecule has 3 aromatic carbocycles. The lowest BCUT2D eigenvalue weighted by molar-refractivity contribution is -0.383. The van der Waals surface area contributed by atoms with Gasteiger partial charge in [0.05, 0.1) is 22.4 Å². The van der Waals surface area contributed by atoms with E-state index in [4.69, 9.17) is 11.6 Å². The smallest absolute Gasteiger partial charge is 0.278 e. The third-order valence-corrected chi connectivity index (χ3v) is 5.60. The van der Waals surface area contributed by atoms with Crippen LogP contribution in [-0.2, 0) is 13.0 Å². The summed E-state index contributed by atoms with van der Waals surface area (Å²) in [5.41, 5.74) is 1.37. The van der Waals surface area contributed by atoms with Gasteiger partial charge >= 0.3 is 0 Å². The van der Waals surface area contributed by atoms with Gasteiger partial charge in [0, 0.05) is 17.6 Å². The molecule has 0 spiro atoms. The first-order valence-corrected chi connectivity index (χ1v) is 10.7. The highest BCUT2D eigenvalue weighted by Gasteiger charge is 2.21. The molecule has 0 bridgehead atoms. The molecule has 1 N–H and O–H groups in total. The monoisotopic (exact) mass is 461 g/mol. The molecule has 0 unspecified atom stereocenters. The van der Waals surface area contributed by atoms with Gasteiger partial charge in [-0.2, -0.15) is 0 Å². The molecule has 166 valence electrons. The Hall–Kier alpha value is -3.97. The first kappa shape index (κ1) is 22.2. The number of carbonyl (C=O) groups excluding carboxylic acids is 1. The molecule has 0 saturated heterocycles. The number of aromatic nitrogens is 1. The summed E-state index contributed by atoms with van der Waals surface area (Å²) in [6, 6.07) is 22.4. The minimum absolute atomic E-state index is 0.138. The number of hydrogen-bond donors (Lipinski definition) is 1. The number of nitro benzene ring substituents is 1. The quantitative estimate of drug-likeness (QED) is 0.322. The molecule has 8 heteroatoms. The molecule has 7 nitrogen and oxygen atoms in total. The Bertz CT molecular complexity index is 1380. The number of non-ortho nitro benzene ring substituents is 1. The fourth-order valence-corrected chi connectivity index (χ4v) is 3.82. The van der Waals surface area contributed by atoms with E-state index in [1.165, 1.54) is 22.8 Å². The molecule has 4 aromatic rings. The number of rotatable bonds is 7. The van der Waals surface area contributed by atoms with Gasteiger partial charge in [0.15, 0.2) is 0 Å². The van der Waals surface area contributed by atoms with Gasteiger partial charge in [-0.15, -0.1) is 0 Å². The van der Waals surface area contributed by atoms with Crippen LogP contribution in [0.5, 0.6) is 0 Å². The second kappa shape index (κ2) is 9.67. The van der Waals surface area contributed by atoms with Crippen molar-refractivity contribution in [2.24, 2.45) is 0 Å². The maximum absolute atomic E-state index is 13.3. The first-order chi connectivity index (χ1) is 15.9. The normalized spacial score (nSPS) is 10.8. The van der Waals surface area contributed by atoms with Gasteiger partial charge in [-0.3, -0.25) is 19.7 Å². The summed E-state index contributed by atoms with van der Waals surface area (Å²) < 4.78 is 1.39. The van der Waals surface area contributed by atoms with Gasteiger partial charge in [0.2, 0.25) is 0 Å². The van der Waals surface area contributed by atoms with Crippen LogP contribution in [0.2, 0.25) is 5.02 Å². The number of pyridine rings is 1. The van der Waals surface area contributed by atoms with Crippen LogP contribution in [0.4, 0.5) is 5.69 Å². The zero-order valence-electron chi connectivity index (χ0n) is 17.5. The van der Waals surface area contributed by atoms with Crippen molar-refractivity contribution in [2.45, 2.75) is 13.0 Å². The molecule has 0 fully saturated rings. The fraction of sp³-hybridized carbons (Fsp3) is 0.120. The van der Waals surface area contributed by atoms with E-state index in [-0.39, 0.29) is 23.2 Å². The average molecular weight is 462 g/mol. The molecule has 1 aromatic heterocycles. The van der Waals surface area contributed by atoms with Crippen molar-refractivity contribution < 1.29 is 9.72 Å². The van der Waals surface area contributed by atoms with Crippen molar-refractivity contribution in [3.8, 4) is 0 Å². The summed E-state index contributed by atoms with van der Waals surface area (Å²) in [6.07, 6.45) is 0.597. The van der Waals surface area contributed by atoms with E-state index in [2.05, 4.69) is 5.32 Å². The van der Waals surface area contributed by atoms with E-state index in [9.17, 15) is 19.7 Å². The summed E-state index contributed by atoms with van der Waals surface area (Å²) in [7, 11) is 0. The summed E-state index contributed by atoms with van der Waals surface area (Å²) in [5, 5.41) is 15.2. The lowest BCUT2D eigenvalue weighted by Gasteiger charge is -2.14. The highest BCUT2D eigenvalue weighted by molar-refractivity contribution is 6.30. The first-order valence-electron chi connectivity index (χ1n) is 10.3. The molecule has 4 rings (SSSR count). The van der Waals surface area contributed by atoms with E-state index in [1.54, 1.807) is 30.3 Å². The number of nitro groups is 1. The second-order valence-electron chi connectivity index (χ2n) is 7.53. The molecule has 1 heterocycles. The van der Waals surface area contributed by atoms with Gasteiger partial charge in [-0.1, -0.05) is 60.1 Å². The van der Waals surface area contributed by atoms with Crippen LogP contribution in [0, 0.1) is 10.1 Å². The summed E-state index contributed by atoms with van der Waals surface area (Å²) in [4.78, 5) is 37.3. The number of nitrogens with zero attached hydrogens (tertiary/aromatic N) is 2. The van der Waals surface area contributed by atoms with Crippen LogP contribution in [0.25, 0.3) is 10.9 Å². The molecule has 0 aliphatic carbocycles. The molecule has 0 saturated carbocycles. The Labute approximate surface area is 194 Å². The SMILES string of the molecule is O=C(NCCc1ccccc1)c1cc2c([N+](=O)[O-])cccc2n(Cc2ccc(Cl)cc2)c1=O. The highest BCUT2D eigenvalue weighted by Crippen LogP contribution is 2.26. The van der Waals surface area contributed by atoms with Gasteiger partial charge < -0.3 is 9.88 Å². The van der Waals surface area contributed by atoms with Gasteiger partial charge in [0.1, 0.15) is 5.56 Å². The maximum atomic E-state index is 13.3. The summed E-state index contributed by atoms with van der Waals surface area (Å²) in [5.74, 6) is -0.569. The molecule has 33 heavy (non-hydrogen) atoms. The standard InChI is InChI=1S/C25H20ClN3O4/c26-19-11-9-18(10-12-19)16-28-22-7-4-8-23(29(32)33)20(22)15-21(25(28)31)24(30)27-14-13-17-5-2-1-3-6-17/h1-12,15H,13-14,16H2,(H,27,30). The van der Waals surface area contributed by atoms with Crippen LogP contribution in [-0.4, -0.2) is 21.9 Å². The lowest BCUT2D eigenvalue weighted by atomic mass is 10.1. The van der Waals surface area contributed by atoms with E-state index < -0.39 is 16.4 Å². The predicted molar refractivity (Wildman–Crippen MR) is 128 cm³/mol. The van der Waals surface area contributed by atoms with Crippen molar-refractivity contribution in [2.75, 3.05) is 6.54 Å². The number of benzene rings is 3. The second-order valence-corrected chi connectivity index (χ2v) is 7.97. The van der Waals surface area contributed by atoms with E-state index in [0.29, 0.717) is 23.5 Å². The average Bonchev–Trinajstić information content (AvgIpc) is 2.82.